The van der Waals surface area contributed by atoms with Crippen LogP contribution in [-0.4, -0.2) is 30.2 Å². The van der Waals surface area contributed by atoms with Crippen molar-refractivity contribution in [3.8, 4) is 0 Å². The summed E-state index contributed by atoms with van der Waals surface area (Å²) >= 11 is 0. The molecule has 1 atom stereocenters. The maximum atomic E-state index is 11.0. The number of rotatable bonds is 6. The quantitative estimate of drug-likeness (QED) is 0.806. The molecule has 0 saturated heterocycles. The largest absolute Gasteiger partial charge is 0.478 e. The molecule has 23 heavy (non-hydrogen) atoms. The second-order valence-electron chi connectivity index (χ2n) is 6.06. The minimum Gasteiger partial charge on any atom is -0.478 e. The predicted molar refractivity (Wildman–Crippen MR) is 92.1 cm³/mol. The van der Waals surface area contributed by atoms with Gasteiger partial charge < -0.3 is 15.3 Å². The average molecular weight is 310 g/mol. The number of anilines is 1. The van der Waals surface area contributed by atoms with Crippen molar-refractivity contribution in [2.45, 2.75) is 25.9 Å². The van der Waals surface area contributed by atoms with E-state index in [1.807, 2.05) is 6.07 Å². The number of hydrogen-bond donors (Lipinski definition) is 2. The first kappa shape index (κ1) is 15.6. The van der Waals surface area contributed by atoms with E-state index in [-0.39, 0.29) is 0 Å². The first-order valence-electron chi connectivity index (χ1n) is 8.02. The highest BCUT2D eigenvalue weighted by Crippen LogP contribution is 2.31. The van der Waals surface area contributed by atoms with Gasteiger partial charge in [-0.15, -0.1) is 0 Å². The van der Waals surface area contributed by atoms with Crippen LogP contribution in [0.3, 0.4) is 0 Å². The third-order valence-electron chi connectivity index (χ3n) is 4.38. The van der Waals surface area contributed by atoms with Gasteiger partial charge >= 0.3 is 5.97 Å². The Balaban J connectivity index is 1.52. The third-order valence-corrected chi connectivity index (χ3v) is 4.38. The monoisotopic (exact) mass is 310 g/mol. The molecule has 0 fully saturated rings. The summed E-state index contributed by atoms with van der Waals surface area (Å²) < 4.78 is 0. The first-order chi connectivity index (χ1) is 11.1. The SMILES string of the molecule is CC1Cc2ccccc2N1CCNCc1cccc(C(=O)O)c1. The number of fused-ring (bicyclic) bond motifs is 1. The van der Waals surface area contributed by atoms with Crippen LogP contribution in [0.4, 0.5) is 5.69 Å². The van der Waals surface area contributed by atoms with Gasteiger partial charge in [-0.3, -0.25) is 0 Å². The van der Waals surface area contributed by atoms with Gasteiger partial charge in [-0.2, -0.15) is 0 Å². The molecule has 4 heteroatoms. The van der Waals surface area contributed by atoms with Crippen LogP contribution < -0.4 is 10.2 Å². The Morgan fingerprint density at radius 1 is 1.26 bits per heavy atom. The van der Waals surface area contributed by atoms with E-state index in [0.29, 0.717) is 18.2 Å². The van der Waals surface area contributed by atoms with Gasteiger partial charge in [0.15, 0.2) is 0 Å². The van der Waals surface area contributed by atoms with E-state index in [9.17, 15) is 4.79 Å². The minimum atomic E-state index is -0.880. The molecule has 2 aromatic carbocycles. The highest BCUT2D eigenvalue weighted by molar-refractivity contribution is 5.87. The second kappa shape index (κ2) is 6.84. The Morgan fingerprint density at radius 2 is 2.09 bits per heavy atom. The number of carbonyl (C=O) groups is 1. The summed E-state index contributed by atoms with van der Waals surface area (Å²) in [6.07, 6.45) is 1.11. The molecule has 0 saturated carbocycles. The van der Waals surface area contributed by atoms with Crippen LogP contribution in [0.1, 0.15) is 28.4 Å². The van der Waals surface area contributed by atoms with Gasteiger partial charge in [0, 0.05) is 31.4 Å². The number of benzene rings is 2. The second-order valence-corrected chi connectivity index (χ2v) is 6.06. The molecule has 1 unspecified atom stereocenters. The van der Waals surface area contributed by atoms with Crippen molar-refractivity contribution in [1.82, 2.24) is 5.32 Å². The van der Waals surface area contributed by atoms with Crippen molar-refractivity contribution in [2.75, 3.05) is 18.0 Å². The Bertz CT molecular complexity index is 699. The fourth-order valence-corrected chi connectivity index (χ4v) is 3.22. The van der Waals surface area contributed by atoms with E-state index in [0.717, 1.165) is 25.1 Å². The number of carboxylic acids is 1. The maximum absolute atomic E-state index is 11.0. The molecule has 0 amide bonds. The van der Waals surface area contributed by atoms with Crippen LogP contribution in [0.5, 0.6) is 0 Å². The van der Waals surface area contributed by atoms with E-state index in [2.05, 4.69) is 41.4 Å². The van der Waals surface area contributed by atoms with E-state index in [1.54, 1.807) is 18.2 Å². The van der Waals surface area contributed by atoms with Gasteiger partial charge in [0.05, 0.1) is 5.56 Å². The zero-order valence-electron chi connectivity index (χ0n) is 13.3. The molecule has 120 valence electrons. The Labute approximate surface area is 136 Å². The van der Waals surface area contributed by atoms with Crippen molar-refractivity contribution in [3.05, 3.63) is 65.2 Å². The zero-order valence-corrected chi connectivity index (χ0v) is 13.3. The predicted octanol–water partition coefficient (Wildman–Crippen LogP) is 2.93. The smallest absolute Gasteiger partial charge is 0.335 e. The lowest BCUT2D eigenvalue weighted by atomic mass is 10.1. The summed E-state index contributed by atoms with van der Waals surface area (Å²) in [6.45, 7) is 4.77. The summed E-state index contributed by atoms with van der Waals surface area (Å²) in [5.74, 6) is -0.880. The number of para-hydroxylation sites is 1. The molecular formula is C19H22N2O2. The highest BCUT2D eigenvalue weighted by atomic mass is 16.4. The summed E-state index contributed by atoms with van der Waals surface area (Å²) in [5.41, 5.74) is 4.11. The van der Waals surface area contributed by atoms with Crippen LogP contribution >= 0.6 is 0 Å². The molecular weight excluding hydrogens is 288 g/mol. The molecule has 2 aromatic rings. The number of aromatic carboxylic acids is 1. The van der Waals surface area contributed by atoms with Gasteiger partial charge in [-0.25, -0.2) is 4.79 Å². The van der Waals surface area contributed by atoms with E-state index >= 15 is 0 Å². The molecule has 0 bridgehead atoms. The van der Waals surface area contributed by atoms with Crippen LogP contribution in [0, 0.1) is 0 Å². The van der Waals surface area contributed by atoms with Crippen molar-refractivity contribution < 1.29 is 9.90 Å². The molecule has 0 aliphatic carbocycles. The van der Waals surface area contributed by atoms with Crippen LogP contribution in [0.25, 0.3) is 0 Å². The normalized spacial score (nSPS) is 16.4. The molecule has 1 heterocycles. The molecule has 1 aliphatic rings. The summed E-state index contributed by atoms with van der Waals surface area (Å²) in [7, 11) is 0. The van der Waals surface area contributed by atoms with Crippen LogP contribution in [-0.2, 0) is 13.0 Å². The van der Waals surface area contributed by atoms with E-state index in [1.165, 1.54) is 11.3 Å². The number of hydrogen-bond acceptors (Lipinski definition) is 3. The van der Waals surface area contributed by atoms with E-state index < -0.39 is 5.97 Å². The lowest BCUT2D eigenvalue weighted by Crippen LogP contribution is -2.35. The topological polar surface area (TPSA) is 52.6 Å². The zero-order chi connectivity index (χ0) is 16.2. The lowest BCUT2D eigenvalue weighted by molar-refractivity contribution is 0.0696. The minimum absolute atomic E-state index is 0.339. The number of nitrogens with one attached hydrogen (secondary N) is 1. The van der Waals surface area contributed by atoms with E-state index in [4.69, 9.17) is 5.11 Å². The number of nitrogens with zero attached hydrogens (tertiary/aromatic N) is 1. The maximum Gasteiger partial charge on any atom is 0.335 e. The molecule has 3 rings (SSSR count). The standard InChI is InChI=1S/C19H22N2O2/c1-14-11-16-6-2-3-8-18(16)21(14)10-9-20-13-15-5-4-7-17(12-15)19(22)23/h2-8,12,14,20H,9-11,13H2,1H3,(H,22,23). The first-order valence-corrected chi connectivity index (χ1v) is 8.02. The molecule has 0 aromatic heterocycles. The molecule has 1 aliphatic heterocycles. The molecule has 0 radical (unpaired) electrons. The van der Waals surface area contributed by atoms with Gasteiger partial charge in [-0.1, -0.05) is 30.3 Å². The van der Waals surface area contributed by atoms with Crippen molar-refractivity contribution >= 4 is 11.7 Å². The fraction of sp³-hybridized carbons (Fsp3) is 0.316. The molecule has 2 N–H and O–H groups in total. The average Bonchev–Trinajstić information content (AvgIpc) is 2.87. The van der Waals surface area contributed by atoms with Gasteiger partial charge in [0.2, 0.25) is 0 Å². The van der Waals surface area contributed by atoms with Gasteiger partial charge in [0.25, 0.3) is 0 Å². The summed E-state index contributed by atoms with van der Waals surface area (Å²) in [5, 5.41) is 12.4. The van der Waals surface area contributed by atoms with Crippen molar-refractivity contribution in [3.63, 3.8) is 0 Å². The molecule has 0 spiro atoms. The molecule has 4 nitrogen and oxygen atoms in total. The third kappa shape index (κ3) is 3.54. The Morgan fingerprint density at radius 3 is 2.91 bits per heavy atom. The van der Waals surface area contributed by atoms with Crippen molar-refractivity contribution in [1.29, 1.82) is 0 Å². The fourth-order valence-electron chi connectivity index (χ4n) is 3.22. The van der Waals surface area contributed by atoms with Gasteiger partial charge in [-0.05, 0) is 42.7 Å². The Kier molecular flexibility index (Phi) is 4.63. The van der Waals surface area contributed by atoms with Crippen molar-refractivity contribution in [2.24, 2.45) is 0 Å². The number of carboxylic acid groups (broad SMARTS) is 1. The lowest BCUT2D eigenvalue weighted by Gasteiger charge is -2.25. The van der Waals surface area contributed by atoms with Crippen LogP contribution in [0.15, 0.2) is 48.5 Å². The highest BCUT2D eigenvalue weighted by Gasteiger charge is 2.24. The Hall–Kier alpha value is -2.33. The summed E-state index contributed by atoms with van der Waals surface area (Å²) in [6, 6.07) is 16.2. The van der Waals surface area contributed by atoms with Crippen LogP contribution in [0.2, 0.25) is 0 Å². The van der Waals surface area contributed by atoms with Gasteiger partial charge in [0.1, 0.15) is 0 Å². The summed E-state index contributed by atoms with van der Waals surface area (Å²) in [4.78, 5) is 13.4.